The highest BCUT2D eigenvalue weighted by Gasteiger charge is 2.53. The molecule has 1 amide bonds. The first kappa shape index (κ1) is 19.3. The Kier molecular flexibility index (Phi) is 5.22. The number of halogens is 4. The van der Waals surface area contributed by atoms with Gasteiger partial charge < -0.3 is 9.64 Å². The molecule has 0 unspecified atom stereocenters. The smallest absolute Gasteiger partial charge is 0.352 e. The van der Waals surface area contributed by atoms with Crippen molar-refractivity contribution in [2.45, 2.75) is 12.5 Å². The molecule has 0 radical (unpaired) electrons. The van der Waals surface area contributed by atoms with Gasteiger partial charge in [0, 0.05) is 16.1 Å². The maximum atomic E-state index is 14.5. The number of anilines is 1. The van der Waals surface area contributed by atoms with Gasteiger partial charge in [-0.1, -0.05) is 47.5 Å². The number of hydrogen-bond acceptors (Lipinski definition) is 3. The first-order chi connectivity index (χ1) is 12.8. The zero-order valence-corrected chi connectivity index (χ0v) is 15.5. The van der Waals surface area contributed by atoms with E-state index < -0.39 is 23.4 Å². The fourth-order valence-electron chi connectivity index (χ4n) is 2.83. The van der Waals surface area contributed by atoms with E-state index in [2.05, 4.69) is 4.74 Å². The lowest BCUT2D eigenvalue weighted by Crippen LogP contribution is -2.34. The molecule has 8 heteroatoms. The van der Waals surface area contributed by atoms with Gasteiger partial charge in [0.05, 0.1) is 24.9 Å². The number of benzene rings is 2. The molecule has 27 heavy (non-hydrogen) atoms. The summed E-state index contributed by atoms with van der Waals surface area (Å²) in [5, 5.41) is 0.651. The maximum Gasteiger partial charge on any atom is 0.352 e. The third-order valence-electron chi connectivity index (χ3n) is 4.13. The van der Waals surface area contributed by atoms with Crippen LogP contribution in [0.3, 0.4) is 0 Å². The highest BCUT2D eigenvalue weighted by atomic mass is 35.5. The van der Waals surface area contributed by atoms with Gasteiger partial charge in [-0.2, -0.15) is 8.78 Å². The molecule has 3 rings (SSSR count). The van der Waals surface area contributed by atoms with E-state index >= 15 is 0 Å². The second-order valence-electron chi connectivity index (χ2n) is 5.80. The van der Waals surface area contributed by atoms with E-state index in [1.807, 2.05) is 0 Å². The molecular formula is C19H13Cl2F2NO3. The van der Waals surface area contributed by atoms with Crippen LogP contribution in [0.2, 0.25) is 10.0 Å². The molecule has 4 nitrogen and oxygen atoms in total. The summed E-state index contributed by atoms with van der Waals surface area (Å²) < 4.78 is 33.6. The number of esters is 1. The Hall–Kier alpha value is -2.44. The SMILES string of the molecule is COC(=O)C=Cc1cccc2c1N(Cc1ccc(Cl)cc1Cl)C(=O)C2(F)F. The largest absolute Gasteiger partial charge is 0.466 e. The topological polar surface area (TPSA) is 46.6 Å². The second-order valence-corrected chi connectivity index (χ2v) is 6.64. The molecule has 0 N–H and O–H groups in total. The minimum atomic E-state index is -3.68. The Morgan fingerprint density at radius 1 is 1.26 bits per heavy atom. The van der Waals surface area contributed by atoms with E-state index in [1.54, 1.807) is 12.1 Å². The molecule has 2 aromatic rings. The van der Waals surface area contributed by atoms with Crippen molar-refractivity contribution < 1.29 is 23.1 Å². The van der Waals surface area contributed by atoms with Crippen molar-refractivity contribution in [2.24, 2.45) is 0 Å². The maximum absolute atomic E-state index is 14.5. The molecular weight excluding hydrogens is 399 g/mol. The van der Waals surface area contributed by atoms with Crippen LogP contribution < -0.4 is 4.90 Å². The van der Waals surface area contributed by atoms with Gasteiger partial charge in [0.1, 0.15) is 0 Å². The van der Waals surface area contributed by atoms with Crippen LogP contribution >= 0.6 is 23.2 Å². The summed E-state index contributed by atoms with van der Waals surface area (Å²) in [4.78, 5) is 24.7. The van der Waals surface area contributed by atoms with Crippen molar-refractivity contribution in [1.82, 2.24) is 0 Å². The Labute approximate surface area is 163 Å². The van der Waals surface area contributed by atoms with Crippen LogP contribution in [-0.4, -0.2) is 19.0 Å². The van der Waals surface area contributed by atoms with Crippen molar-refractivity contribution >= 4 is 46.8 Å². The predicted octanol–water partition coefficient (Wildman–Crippen LogP) is 4.82. The molecule has 140 valence electrons. The van der Waals surface area contributed by atoms with Crippen molar-refractivity contribution in [1.29, 1.82) is 0 Å². The molecule has 0 saturated carbocycles. The van der Waals surface area contributed by atoms with Gasteiger partial charge >= 0.3 is 17.8 Å². The monoisotopic (exact) mass is 411 g/mol. The number of hydrogen-bond donors (Lipinski definition) is 0. The highest BCUT2D eigenvalue weighted by Crippen LogP contribution is 2.47. The molecule has 0 bridgehead atoms. The number of amides is 1. The average Bonchev–Trinajstić information content (AvgIpc) is 2.83. The fraction of sp³-hybridized carbons (Fsp3) is 0.158. The molecule has 0 spiro atoms. The number of alkyl halides is 2. The van der Waals surface area contributed by atoms with Crippen molar-refractivity contribution in [3.05, 3.63) is 69.2 Å². The van der Waals surface area contributed by atoms with E-state index in [0.29, 0.717) is 10.6 Å². The molecule has 0 aliphatic carbocycles. The van der Waals surface area contributed by atoms with E-state index in [9.17, 15) is 18.4 Å². The minimum Gasteiger partial charge on any atom is -0.466 e. The Morgan fingerprint density at radius 3 is 2.67 bits per heavy atom. The average molecular weight is 412 g/mol. The van der Waals surface area contributed by atoms with Gasteiger partial charge in [0.15, 0.2) is 0 Å². The van der Waals surface area contributed by atoms with Gasteiger partial charge in [-0.25, -0.2) is 4.79 Å². The van der Waals surface area contributed by atoms with Gasteiger partial charge in [-0.15, -0.1) is 0 Å². The van der Waals surface area contributed by atoms with Crippen molar-refractivity contribution in [3.8, 4) is 0 Å². The molecule has 2 aromatic carbocycles. The predicted molar refractivity (Wildman–Crippen MR) is 99.0 cm³/mol. The van der Waals surface area contributed by atoms with Gasteiger partial charge in [-0.05, 0) is 29.3 Å². The van der Waals surface area contributed by atoms with E-state index in [0.717, 1.165) is 11.0 Å². The standard InChI is InChI=1S/C19H13Cl2F2NO3/c1-27-16(25)8-6-11-3-2-4-14-17(11)24(18(26)19(14,22)23)10-12-5-7-13(20)9-15(12)21/h2-9H,10H2,1H3. The zero-order valence-electron chi connectivity index (χ0n) is 14.0. The molecule has 1 aliphatic heterocycles. The third-order valence-corrected chi connectivity index (χ3v) is 4.72. The molecule has 1 heterocycles. The van der Waals surface area contributed by atoms with Crippen LogP contribution in [-0.2, 0) is 26.8 Å². The van der Waals surface area contributed by atoms with E-state index in [1.165, 1.54) is 37.5 Å². The van der Waals surface area contributed by atoms with Gasteiger partial charge in [0.25, 0.3) is 0 Å². The van der Waals surface area contributed by atoms with Crippen molar-refractivity contribution in [3.63, 3.8) is 0 Å². The molecule has 0 atom stereocenters. The van der Waals surface area contributed by atoms with Crippen LogP contribution in [0, 0.1) is 0 Å². The normalized spacial score (nSPS) is 15.3. The summed E-state index contributed by atoms with van der Waals surface area (Å²) in [5.41, 5.74) is 0.349. The van der Waals surface area contributed by atoms with Crippen LogP contribution in [0.25, 0.3) is 6.08 Å². The van der Waals surface area contributed by atoms with Crippen molar-refractivity contribution in [2.75, 3.05) is 12.0 Å². The number of nitrogens with zero attached hydrogens (tertiary/aromatic N) is 1. The minimum absolute atomic E-state index is 0.0265. The van der Waals surface area contributed by atoms with E-state index in [4.69, 9.17) is 23.2 Å². The molecule has 0 fully saturated rings. The summed E-state index contributed by atoms with van der Waals surface area (Å²) >= 11 is 12.0. The zero-order chi connectivity index (χ0) is 19.8. The number of carbonyl (C=O) groups excluding carboxylic acids is 2. The number of carbonyl (C=O) groups is 2. The van der Waals surface area contributed by atoms with Crippen LogP contribution in [0.4, 0.5) is 14.5 Å². The summed E-state index contributed by atoms with van der Waals surface area (Å²) in [6, 6.07) is 8.72. The first-order valence-electron chi connectivity index (χ1n) is 7.79. The van der Waals surface area contributed by atoms with Crippen LogP contribution in [0.15, 0.2) is 42.5 Å². The first-order valence-corrected chi connectivity index (χ1v) is 8.54. The molecule has 0 aromatic heterocycles. The quantitative estimate of drug-likeness (QED) is 0.535. The number of rotatable bonds is 4. The number of para-hydroxylation sites is 1. The third kappa shape index (κ3) is 3.55. The van der Waals surface area contributed by atoms with E-state index in [-0.39, 0.29) is 22.8 Å². The number of methoxy groups -OCH3 is 1. The highest BCUT2D eigenvalue weighted by molar-refractivity contribution is 6.35. The lowest BCUT2D eigenvalue weighted by molar-refractivity contribution is -0.141. The summed E-state index contributed by atoms with van der Waals surface area (Å²) in [6.07, 6.45) is 2.43. The molecule has 0 saturated heterocycles. The van der Waals surface area contributed by atoms with Gasteiger partial charge in [0.2, 0.25) is 0 Å². The van der Waals surface area contributed by atoms with Gasteiger partial charge in [-0.3, -0.25) is 4.79 Å². The lowest BCUT2D eigenvalue weighted by atomic mass is 10.0. The Morgan fingerprint density at radius 2 is 2.00 bits per heavy atom. The molecule has 1 aliphatic rings. The Bertz CT molecular complexity index is 960. The summed E-state index contributed by atoms with van der Waals surface area (Å²) in [5.74, 6) is -5.68. The number of ether oxygens (including phenoxy) is 1. The summed E-state index contributed by atoms with van der Waals surface area (Å²) in [6.45, 7) is -0.166. The van der Waals surface area contributed by atoms with Crippen LogP contribution in [0.5, 0.6) is 0 Å². The lowest BCUT2D eigenvalue weighted by Gasteiger charge is -2.20. The Balaban J connectivity index is 2.08. The van der Waals surface area contributed by atoms with Crippen LogP contribution in [0.1, 0.15) is 16.7 Å². The number of fused-ring (bicyclic) bond motifs is 1. The fourth-order valence-corrected chi connectivity index (χ4v) is 3.30. The second kappa shape index (κ2) is 7.29. The summed E-state index contributed by atoms with van der Waals surface area (Å²) in [7, 11) is 1.20.